The largest absolute Gasteiger partial charge is 0.383 e. The normalized spacial score (nSPS) is 12.0. The smallest absolute Gasteiger partial charge is 0.254 e. The zero-order chi connectivity index (χ0) is 18.7. The van der Waals surface area contributed by atoms with Gasteiger partial charge >= 0.3 is 0 Å². The number of para-hydroxylation sites is 1. The number of pyridine rings is 1. The summed E-state index contributed by atoms with van der Waals surface area (Å²) in [6, 6.07) is 11.8. The van der Waals surface area contributed by atoms with Crippen LogP contribution in [0.15, 0.2) is 41.2 Å². The lowest BCUT2D eigenvalue weighted by atomic mass is 9.90. The zero-order valence-corrected chi connectivity index (χ0v) is 15.8. The van der Waals surface area contributed by atoms with E-state index in [2.05, 4.69) is 31.1 Å². The number of methoxy groups -OCH3 is 1. The van der Waals surface area contributed by atoms with Crippen LogP contribution in [0.1, 0.15) is 32.0 Å². The van der Waals surface area contributed by atoms with Crippen molar-refractivity contribution in [3.05, 3.63) is 58.0 Å². The fourth-order valence-corrected chi connectivity index (χ4v) is 2.95. The summed E-state index contributed by atoms with van der Waals surface area (Å²) in [6.45, 7) is 8.20. The summed E-state index contributed by atoms with van der Waals surface area (Å²) in [5.74, 6) is 0. The van der Waals surface area contributed by atoms with Crippen molar-refractivity contribution in [2.24, 2.45) is 0 Å². The molecule has 0 atom stereocenters. The van der Waals surface area contributed by atoms with Crippen molar-refractivity contribution in [2.45, 2.75) is 32.7 Å². The molecule has 0 aliphatic carbocycles. The first kappa shape index (κ1) is 18.4. The molecule has 138 valence electrons. The van der Waals surface area contributed by atoms with Crippen molar-refractivity contribution >= 4 is 11.0 Å². The molecule has 0 aliphatic heterocycles. The minimum Gasteiger partial charge on any atom is -0.383 e. The summed E-state index contributed by atoms with van der Waals surface area (Å²) in [5.41, 5.74) is 3.08. The molecule has 2 aromatic heterocycles. The third-order valence-corrected chi connectivity index (χ3v) is 4.27. The molecule has 2 heterocycles. The lowest BCUT2D eigenvalue weighted by Crippen LogP contribution is -2.24. The molecule has 26 heavy (non-hydrogen) atoms. The van der Waals surface area contributed by atoms with Crippen LogP contribution in [0.5, 0.6) is 0 Å². The first-order valence-electron chi connectivity index (χ1n) is 8.82. The Labute approximate surface area is 153 Å². The Balaban J connectivity index is 2.11. The van der Waals surface area contributed by atoms with Crippen LogP contribution in [-0.2, 0) is 16.7 Å². The van der Waals surface area contributed by atoms with Crippen LogP contribution < -0.4 is 10.9 Å². The molecule has 3 rings (SSSR count). The van der Waals surface area contributed by atoms with Gasteiger partial charge in [-0.25, -0.2) is 4.68 Å². The molecular formula is C20H26N4O2. The van der Waals surface area contributed by atoms with Gasteiger partial charge in [-0.3, -0.25) is 4.79 Å². The number of hydrogen-bond donors (Lipinski definition) is 2. The van der Waals surface area contributed by atoms with Crippen LogP contribution in [0.3, 0.4) is 0 Å². The highest BCUT2D eigenvalue weighted by molar-refractivity contribution is 5.81. The number of benzene rings is 1. The third kappa shape index (κ3) is 3.71. The van der Waals surface area contributed by atoms with Gasteiger partial charge in [0.15, 0.2) is 0 Å². The molecule has 0 amide bonds. The molecule has 0 saturated carbocycles. The Bertz CT molecular complexity index is 936. The predicted molar refractivity (Wildman–Crippen MR) is 104 cm³/mol. The summed E-state index contributed by atoms with van der Waals surface area (Å²) >= 11 is 0. The lowest BCUT2D eigenvalue weighted by Gasteiger charge is -2.15. The van der Waals surface area contributed by atoms with Gasteiger partial charge in [-0.1, -0.05) is 39.0 Å². The molecule has 0 spiro atoms. The minimum atomic E-state index is -0.142. The molecular weight excluding hydrogens is 328 g/mol. The van der Waals surface area contributed by atoms with Gasteiger partial charge in [0.2, 0.25) is 0 Å². The van der Waals surface area contributed by atoms with Gasteiger partial charge < -0.3 is 15.0 Å². The Morgan fingerprint density at radius 3 is 2.62 bits per heavy atom. The fraction of sp³-hybridized carbons (Fsp3) is 0.400. The summed E-state index contributed by atoms with van der Waals surface area (Å²) < 4.78 is 6.85. The number of hydrogen-bond acceptors (Lipinski definition) is 4. The maximum absolute atomic E-state index is 12.6. The average molecular weight is 354 g/mol. The van der Waals surface area contributed by atoms with Gasteiger partial charge in [0.1, 0.15) is 5.65 Å². The molecule has 6 nitrogen and oxygen atoms in total. The second-order valence-corrected chi connectivity index (χ2v) is 7.40. The summed E-state index contributed by atoms with van der Waals surface area (Å²) in [6.07, 6.45) is 0. The second-order valence-electron chi connectivity index (χ2n) is 7.40. The van der Waals surface area contributed by atoms with Crippen LogP contribution in [0.4, 0.5) is 0 Å². The molecule has 0 radical (unpaired) electrons. The van der Waals surface area contributed by atoms with Gasteiger partial charge in [-0.05, 0) is 18.2 Å². The Kier molecular flexibility index (Phi) is 5.25. The minimum absolute atomic E-state index is 0.0973. The van der Waals surface area contributed by atoms with Crippen molar-refractivity contribution in [1.29, 1.82) is 0 Å². The van der Waals surface area contributed by atoms with Crippen LogP contribution in [0.25, 0.3) is 16.7 Å². The van der Waals surface area contributed by atoms with Gasteiger partial charge in [0, 0.05) is 36.6 Å². The molecule has 2 N–H and O–H groups in total. The summed E-state index contributed by atoms with van der Waals surface area (Å²) in [7, 11) is 1.66. The molecule has 0 aliphatic rings. The maximum Gasteiger partial charge on any atom is 0.254 e. The molecule has 6 heteroatoms. The Morgan fingerprint density at radius 2 is 1.96 bits per heavy atom. The van der Waals surface area contributed by atoms with Crippen LogP contribution in [-0.4, -0.2) is 35.0 Å². The molecule has 0 saturated heterocycles. The predicted octanol–water partition coefficient (Wildman–Crippen LogP) is 2.75. The fourth-order valence-electron chi connectivity index (χ4n) is 2.95. The monoisotopic (exact) mass is 354 g/mol. The maximum atomic E-state index is 12.6. The number of nitrogens with zero attached hydrogens (tertiary/aromatic N) is 2. The summed E-state index contributed by atoms with van der Waals surface area (Å²) in [5, 5.41) is 9.04. The number of nitrogens with one attached hydrogen (secondary N) is 2. The van der Waals surface area contributed by atoms with E-state index in [9.17, 15) is 4.79 Å². The van der Waals surface area contributed by atoms with Crippen LogP contribution in [0, 0.1) is 0 Å². The first-order valence-corrected chi connectivity index (χ1v) is 8.82. The van der Waals surface area contributed by atoms with E-state index >= 15 is 0 Å². The SMILES string of the molecule is COCCNCc1cc2c(C(C)(C)C)nn(-c3ccccc3)c2[nH]c1=O. The molecule has 3 aromatic rings. The van der Waals surface area contributed by atoms with Crippen molar-refractivity contribution in [1.82, 2.24) is 20.1 Å². The molecule has 0 bridgehead atoms. The first-order chi connectivity index (χ1) is 12.4. The van der Waals surface area contributed by atoms with Crippen LogP contribution >= 0.6 is 0 Å². The van der Waals surface area contributed by atoms with E-state index in [4.69, 9.17) is 9.84 Å². The standard InChI is InChI=1S/C20H26N4O2/c1-20(2,3)17-16-12-14(13-21-10-11-26-4)19(25)22-18(16)24(23-17)15-8-6-5-7-9-15/h5-9,12,21H,10-11,13H2,1-4H3,(H,22,25). The highest BCUT2D eigenvalue weighted by atomic mass is 16.5. The van der Waals surface area contributed by atoms with E-state index in [1.54, 1.807) is 7.11 Å². The van der Waals surface area contributed by atoms with E-state index in [1.165, 1.54) is 0 Å². The van der Waals surface area contributed by atoms with E-state index in [0.29, 0.717) is 25.3 Å². The van der Waals surface area contributed by atoms with Crippen molar-refractivity contribution in [3.8, 4) is 5.69 Å². The number of H-pyrrole nitrogens is 1. The second kappa shape index (κ2) is 7.43. The van der Waals surface area contributed by atoms with Crippen molar-refractivity contribution in [3.63, 3.8) is 0 Å². The topological polar surface area (TPSA) is 71.9 Å². The summed E-state index contributed by atoms with van der Waals surface area (Å²) in [4.78, 5) is 15.6. The number of fused-ring (bicyclic) bond motifs is 1. The Morgan fingerprint density at radius 1 is 1.23 bits per heavy atom. The Hall–Kier alpha value is -2.44. The van der Waals surface area contributed by atoms with Gasteiger partial charge in [-0.2, -0.15) is 5.10 Å². The van der Waals surface area contributed by atoms with Crippen molar-refractivity contribution in [2.75, 3.05) is 20.3 Å². The zero-order valence-electron chi connectivity index (χ0n) is 15.8. The van der Waals surface area contributed by atoms with E-state index in [0.717, 1.165) is 22.4 Å². The lowest BCUT2D eigenvalue weighted by molar-refractivity contribution is 0.199. The highest BCUT2D eigenvalue weighted by Gasteiger charge is 2.24. The van der Waals surface area contributed by atoms with E-state index in [1.807, 2.05) is 41.1 Å². The van der Waals surface area contributed by atoms with Gasteiger partial charge in [0.25, 0.3) is 5.56 Å². The number of aromatic amines is 1. The van der Waals surface area contributed by atoms with Crippen LogP contribution in [0.2, 0.25) is 0 Å². The highest BCUT2D eigenvalue weighted by Crippen LogP contribution is 2.29. The number of ether oxygens (including phenoxy) is 1. The molecule has 0 unspecified atom stereocenters. The van der Waals surface area contributed by atoms with Crippen molar-refractivity contribution < 1.29 is 4.74 Å². The number of aromatic nitrogens is 3. The average Bonchev–Trinajstić information content (AvgIpc) is 2.98. The quantitative estimate of drug-likeness (QED) is 0.668. The third-order valence-electron chi connectivity index (χ3n) is 4.27. The van der Waals surface area contributed by atoms with Gasteiger partial charge in [0.05, 0.1) is 18.0 Å². The van der Waals surface area contributed by atoms with E-state index in [-0.39, 0.29) is 11.0 Å². The number of rotatable bonds is 6. The van der Waals surface area contributed by atoms with E-state index < -0.39 is 0 Å². The molecule has 1 aromatic carbocycles. The molecule has 0 fully saturated rings. The van der Waals surface area contributed by atoms with Gasteiger partial charge in [-0.15, -0.1) is 0 Å².